The first kappa shape index (κ1) is 18.6. The van der Waals surface area contributed by atoms with Gasteiger partial charge in [0.05, 0.1) is 10.6 Å². The van der Waals surface area contributed by atoms with Gasteiger partial charge in [-0.25, -0.2) is 4.39 Å². The Morgan fingerprint density at radius 3 is 2.62 bits per heavy atom. The molecule has 0 radical (unpaired) electrons. The summed E-state index contributed by atoms with van der Waals surface area (Å²) in [6.07, 6.45) is 2.66. The maximum atomic E-state index is 14.0. The second kappa shape index (κ2) is 8.45. The molecular formula is C21H21ClFNO2. The molecule has 2 aromatic rings. The molecule has 3 rings (SSSR count). The van der Waals surface area contributed by atoms with Crippen LogP contribution in [-0.4, -0.2) is 29.7 Å². The average molecular weight is 374 g/mol. The van der Waals surface area contributed by atoms with E-state index in [4.69, 9.17) is 11.6 Å². The minimum absolute atomic E-state index is 0.104. The van der Waals surface area contributed by atoms with Gasteiger partial charge in [-0.2, -0.15) is 0 Å². The summed E-state index contributed by atoms with van der Waals surface area (Å²) in [6, 6.07) is 14.1. The van der Waals surface area contributed by atoms with Gasteiger partial charge in [-0.3, -0.25) is 9.59 Å². The number of rotatable bonds is 5. The van der Waals surface area contributed by atoms with Crippen LogP contribution in [0.4, 0.5) is 4.39 Å². The number of hydrogen-bond acceptors (Lipinski definition) is 2. The van der Waals surface area contributed by atoms with Crippen molar-refractivity contribution in [2.75, 3.05) is 13.1 Å². The average Bonchev–Trinajstić information content (AvgIpc) is 2.67. The van der Waals surface area contributed by atoms with Crippen LogP contribution in [0.2, 0.25) is 5.02 Å². The highest BCUT2D eigenvalue weighted by Crippen LogP contribution is 2.25. The van der Waals surface area contributed by atoms with E-state index in [2.05, 4.69) is 0 Å². The first-order valence-electron chi connectivity index (χ1n) is 8.86. The van der Waals surface area contributed by atoms with E-state index in [0.29, 0.717) is 25.9 Å². The van der Waals surface area contributed by atoms with Gasteiger partial charge in [0.1, 0.15) is 11.6 Å². The van der Waals surface area contributed by atoms with Crippen molar-refractivity contribution in [2.45, 2.75) is 25.7 Å². The molecule has 1 atom stereocenters. The van der Waals surface area contributed by atoms with Crippen molar-refractivity contribution in [2.24, 2.45) is 5.92 Å². The Balaban J connectivity index is 1.63. The van der Waals surface area contributed by atoms with Gasteiger partial charge in [0.25, 0.3) is 5.91 Å². The zero-order chi connectivity index (χ0) is 18.5. The number of hydrogen-bond donors (Lipinski definition) is 0. The third kappa shape index (κ3) is 4.31. The van der Waals surface area contributed by atoms with Crippen LogP contribution in [0.3, 0.4) is 0 Å². The summed E-state index contributed by atoms with van der Waals surface area (Å²) in [5.41, 5.74) is 1.02. The van der Waals surface area contributed by atoms with Gasteiger partial charge in [0.15, 0.2) is 0 Å². The van der Waals surface area contributed by atoms with Crippen LogP contribution < -0.4 is 0 Å². The lowest BCUT2D eigenvalue weighted by molar-refractivity contribution is -0.124. The van der Waals surface area contributed by atoms with Crippen LogP contribution in [0.5, 0.6) is 0 Å². The van der Waals surface area contributed by atoms with Crippen molar-refractivity contribution in [3.05, 3.63) is 70.5 Å². The van der Waals surface area contributed by atoms with Crippen molar-refractivity contribution >= 4 is 23.3 Å². The quantitative estimate of drug-likeness (QED) is 0.772. The summed E-state index contributed by atoms with van der Waals surface area (Å²) >= 11 is 6.01. The highest BCUT2D eigenvalue weighted by Gasteiger charge is 2.30. The monoisotopic (exact) mass is 373 g/mol. The van der Waals surface area contributed by atoms with E-state index >= 15 is 0 Å². The Bertz CT molecular complexity index is 774. The molecule has 0 spiro atoms. The highest BCUT2D eigenvalue weighted by molar-refractivity contribution is 6.33. The van der Waals surface area contributed by atoms with Gasteiger partial charge in [0, 0.05) is 25.4 Å². The number of carbonyl (C=O) groups excluding carboxylic acids is 2. The van der Waals surface area contributed by atoms with Gasteiger partial charge in [-0.15, -0.1) is 0 Å². The van der Waals surface area contributed by atoms with Crippen molar-refractivity contribution < 1.29 is 14.0 Å². The summed E-state index contributed by atoms with van der Waals surface area (Å²) in [7, 11) is 0. The molecule has 1 heterocycles. The third-order valence-electron chi connectivity index (χ3n) is 4.84. The van der Waals surface area contributed by atoms with Crippen LogP contribution in [0.15, 0.2) is 48.5 Å². The normalized spacial score (nSPS) is 17.2. The number of piperidine rings is 1. The molecule has 5 heteroatoms. The fourth-order valence-electron chi connectivity index (χ4n) is 3.40. The molecule has 1 fully saturated rings. The molecule has 2 aromatic carbocycles. The van der Waals surface area contributed by atoms with Crippen LogP contribution >= 0.6 is 11.6 Å². The van der Waals surface area contributed by atoms with E-state index in [9.17, 15) is 14.0 Å². The number of carbonyl (C=O) groups is 2. The Morgan fingerprint density at radius 2 is 1.88 bits per heavy atom. The fourth-order valence-corrected chi connectivity index (χ4v) is 3.64. The predicted molar refractivity (Wildman–Crippen MR) is 99.8 cm³/mol. The lowest BCUT2D eigenvalue weighted by Gasteiger charge is -2.32. The molecule has 0 aromatic heterocycles. The first-order chi connectivity index (χ1) is 12.6. The maximum absolute atomic E-state index is 14.0. The Kier molecular flexibility index (Phi) is 6.04. The minimum Gasteiger partial charge on any atom is -0.338 e. The second-order valence-corrected chi connectivity index (χ2v) is 7.05. The van der Waals surface area contributed by atoms with Crippen molar-refractivity contribution in [3.8, 4) is 0 Å². The molecule has 0 unspecified atom stereocenters. The molecule has 1 saturated heterocycles. The topological polar surface area (TPSA) is 37.4 Å². The van der Waals surface area contributed by atoms with Crippen LogP contribution in [-0.2, 0) is 11.2 Å². The van der Waals surface area contributed by atoms with Gasteiger partial charge in [-0.05, 0) is 37.0 Å². The summed E-state index contributed by atoms with van der Waals surface area (Å²) in [5, 5.41) is 0.104. The van der Waals surface area contributed by atoms with E-state index < -0.39 is 11.7 Å². The second-order valence-electron chi connectivity index (χ2n) is 6.64. The summed E-state index contributed by atoms with van der Waals surface area (Å²) < 4.78 is 14.0. The Morgan fingerprint density at radius 1 is 1.12 bits per heavy atom. The highest BCUT2D eigenvalue weighted by atomic mass is 35.5. The Labute approximate surface area is 157 Å². The van der Waals surface area contributed by atoms with Gasteiger partial charge >= 0.3 is 0 Å². The Hall–Kier alpha value is -2.20. The molecule has 0 saturated carbocycles. The maximum Gasteiger partial charge on any atom is 0.258 e. The first-order valence-corrected chi connectivity index (χ1v) is 9.24. The van der Waals surface area contributed by atoms with E-state index in [-0.39, 0.29) is 22.3 Å². The summed E-state index contributed by atoms with van der Waals surface area (Å²) in [6.45, 7) is 0.850. The number of halogens is 2. The fraction of sp³-hybridized carbons (Fsp3) is 0.333. The molecule has 0 N–H and O–H groups in total. The molecule has 136 valence electrons. The van der Waals surface area contributed by atoms with Crippen molar-refractivity contribution in [1.29, 1.82) is 0 Å². The van der Waals surface area contributed by atoms with Gasteiger partial charge in [0.2, 0.25) is 0 Å². The predicted octanol–water partition coefficient (Wildman–Crippen LogP) is 4.53. The minimum atomic E-state index is -0.625. The number of benzene rings is 2. The smallest absolute Gasteiger partial charge is 0.258 e. The molecular weight excluding hydrogens is 353 g/mol. The van der Waals surface area contributed by atoms with E-state index in [1.54, 1.807) is 4.90 Å². The zero-order valence-electron chi connectivity index (χ0n) is 14.5. The molecule has 26 heavy (non-hydrogen) atoms. The van der Waals surface area contributed by atoms with E-state index in [0.717, 1.165) is 18.4 Å². The van der Waals surface area contributed by atoms with Crippen LogP contribution in [0.25, 0.3) is 0 Å². The largest absolute Gasteiger partial charge is 0.338 e. The number of ketones is 1. The van der Waals surface area contributed by atoms with Gasteiger partial charge < -0.3 is 4.90 Å². The lowest BCUT2D eigenvalue weighted by atomic mass is 9.90. The van der Waals surface area contributed by atoms with E-state index in [1.807, 2.05) is 30.3 Å². The number of Topliss-reactive ketones (excluding diaryl/α,β-unsaturated/α-hetero) is 1. The number of amides is 1. The lowest BCUT2D eigenvalue weighted by Crippen LogP contribution is -2.42. The summed E-state index contributed by atoms with van der Waals surface area (Å²) in [4.78, 5) is 26.8. The standard InChI is InChI=1S/C21H21ClFNO2/c22-17-9-4-10-18(23)20(17)21(26)24-13-5-8-16(14-24)19(25)12-11-15-6-2-1-3-7-15/h1-4,6-7,9-10,16H,5,8,11-14H2/t16-/m0/s1. The molecule has 1 aliphatic rings. The SMILES string of the molecule is O=C(CCc1ccccc1)[C@H]1CCCN(C(=O)c2c(F)cccc2Cl)C1. The molecule has 0 aliphatic carbocycles. The van der Waals surface area contributed by atoms with Crippen molar-refractivity contribution in [1.82, 2.24) is 4.90 Å². The van der Waals surface area contributed by atoms with E-state index in [1.165, 1.54) is 18.2 Å². The molecule has 0 bridgehead atoms. The van der Waals surface area contributed by atoms with Gasteiger partial charge in [-0.1, -0.05) is 48.0 Å². The molecule has 3 nitrogen and oxygen atoms in total. The van der Waals surface area contributed by atoms with Crippen LogP contribution in [0, 0.1) is 11.7 Å². The number of aryl methyl sites for hydroxylation is 1. The number of likely N-dealkylation sites (tertiary alicyclic amines) is 1. The summed E-state index contributed by atoms with van der Waals surface area (Å²) in [5.74, 6) is -1.10. The molecule has 1 aliphatic heterocycles. The molecule has 1 amide bonds. The number of nitrogens with zero attached hydrogens (tertiary/aromatic N) is 1. The van der Waals surface area contributed by atoms with Crippen LogP contribution in [0.1, 0.15) is 35.2 Å². The third-order valence-corrected chi connectivity index (χ3v) is 5.16. The zero-order valence-corrected chi connectivity index (χ0v) is 15.2. The van der Waals surface area contributed by atoms with Crippen molar-refractivity contribution in [3.63, 3.8) is 0 Å².